The Labute approximate surface area is 129 Å². The maximum Gasteiger partial charge on any atom is 0.315 e. The van der Waals surface area contributed by atoms with Gasteiger partial charge in [-0.05, 0) is 37.6 Å². The molecule has 2 heterocycles. The first-order valence-corrected chi connectivity index (χ1v) is 7.21. The van der Waals surface area contributed by atoms with Crippen LogP contribution in [0.3, 0.4) is 0 Å². The number of carbonyl (C=O) groups excluding carboxylic acids is 1. The molecule has 6 heteroatoms. The van der Waals surface area contributed by atoms with Crippen LogP contribution in [0.25, 0.3) is 0 Å². The SMILES string of the molecule is CCOc1ncccc1CNC(=O)NC(C)c1ccncc1. The minimum atomic E-state index is -0.240. The van der Waals surface area contributed by atoms with Crippen LogP contribution in [0.5, 0.6) is 5.88 Å². The van der Waals surface area contributed by atoms with Crippen LogP contribution in [0.2, 0.25) is 0 Å². The first kappa shape index (κ1) is 15.8. The van der Waals surface area contributed by atoms with Gasteiger partial charge in [0.1, 0.15) is 0 Å². The number of nitrogens with one attached hydrogen (secondary N) is 2. The van der Waals surface area contributed by atoms with Crippen LogP contribution in [-0.4, -0.2) is 22.6 Å². The summed E-state index contributed by atoms with van der Waals surface area (Å²) in [6.45, 7) is 4.72. The highest BCUT2D eigenvalue weighted by molar-refractivity contribution is 5.74. The molecule has 0 aromatic carbocycles. The zero-order valence-electron chi connectivity index (χ0n) is 12.7. The number of carbonyl (C=O) groups is 1. The van der Waals surface area contributed by atoms with Crippen molar-refractivity contribution in [1.29, 1.82) is 0 Å². The Hall–Kier alpha value is -2.63. The summed E-state index contributed by atoms with van der Waals surface area (Å²) in [6.07, 6.45) is 5.07. The highest BCUT2D eigenvalue weighted by atomic mass is 16.5. The quantitative estimate of drug-likeness (QED) is 0.859. The molecule has 0 aliphatic carbocycles. The molecule has 0 spiro atoms. The highest BCUT2D eigenvalue weighted by Crippen LogP contribution is 2.14. The van der Waals surface area contributed by atoms with Crippen molar-refractivity contribution >= 4 is 6.03 Å². The van der Waals surface area contributed by atoms with Crippen molar-refractivity contribution in [2.45, 2.75) is 26.4 Å². The van der Waals surface area contributed by atoms with E-state index in [9.17, 15) is 4.79 Å². The Morgan fingerprint density at radius 2 is 2.05 bits per heavy atom. The summed E-state index contributed by atoms with van der Waals surface area (Å²) < 4.78 is 5.43. The van der Waals surface area contributed by atoms with E-state index in [-0.39, 0.29) is 12.1 Å². The van der Waals surface area contributed by atoms with Gasteiger partial charge in [0, 0.05) is 30.7 Å². The maximum atomic E-state index is 12.0. The molecule has 2 aromatic heterocycles. The van der Waals surface area contributed by atoms with Gasteiger partial charge in [-0.25, -0.2) is 9.78 Å². The molecule has 116 valence electrons. The topological polar surface area (TPSA) is 76.1 Å². The summed E-state index contributed by atoms with van der Waals surface area (Å²) in [5.41, 5.74) is 1.84. The predicted octanol–water partition coefficient (Wildman–Crippen LogP) is 2.44. The van der Waals surface area contributed by atoms with Crippen molar-refractivity contribution < 1.29 is 9.53 Å². The van der Waals surface area contributed by atoms with Gasteiger partial charge >= 0.3 is 6.03 Å². The first-order chi connectivity index (χ1) is 10.7. The van der Waals surface area contributed by atoms with Crippen LogP contribution in [0.15, 0.2) is 42.9 Å². The van der Waals surface area contributed by atoms with Crippen LogP contribution in [-0.2, 0) is 6.54 Å². The molecule has 0 radical (unpaired) electrons. The average Bonchev–Trinajstić information content (AvgIpc) is 2.55. The number of ether oxygens (including phenoxy) is 1. The molecule has 0 aliphatic rings. The summed E-state index contributed by atoms with van der Waals surface area (Å²) in [7, 11) is 0. The maximum absolute atomic E-state index is 12.0. The number of aromatic nitrogens is 2. The third kappa shape index (κ3) is 4.44. The molecule has 1 unspecified atom stereocenters. The van der Waals surface area contributed by atoms with Crippen molar-refractivity contribution in [2.24, 2.45) is 0 Å². The third-order valence-electron chi connectivity index (χ3n) is 3.12. The zero-order chi connectivity index (χ0) is 15.8. The Morgan fingerprint density at radius 3 is 2.77 bits per heavy atom. The molecule has 0 aliphatic heterocycles. The minimum absolute atomic E-state index is 0.0942. The van der Waals surface area contributed by atoms with Crippen LogP contribution in [0.1, 0.15) is 31.0 Å². The molecule has 22 heavy (non-hydrogen) atoms. The summed E-state index contributed by atoms with van der Waals surface area (Å²) in [6, 6.07) is 7.11. The fraction of sp³-hybridized carbons (Fsp3) is 0.312. The van der Waals surface area contributed by atoms with Crippen LogP contribution in [0.4, 0.5) is 4.79 Å². The average molecular weight is 300 g/mol. The van der Waals surface area contributed by atoms with E-state index in [4.69, 9.17) is 4.74 Å². The minimum Gasteiger partial charge on any atom is -0.478 e. The molecule has 2 rings (SSSR count). The van der Waals surface area contributed by atoms with Crippen LogP contribution in [0, 0.1) is 0 Å². The number of rotatable bonds is 6. The molecular formula is C16H20N4O2. The Kier molecular flexibility index (Phi) is 5.71. The lowest BCUT2D eigenvalue weighted by molar-refractivity contribution is 0.237. The first-order valence-electron chi connectivity index (χ1n) is 7.21. The van der Waals surface area contributed by atoms with Crippen molar-refractivity contribution in [3.8, 4) is 5.88 Å². The second-order valence-corrected chi connectivity index (χ2v) is 4.73. The summed E-state index contributed by atoms with van der Waals surface area (Å²) in [5, 5.41) is 5.69. The number of nitrogens with zero attached hydrogens (tertiary/aromatic N) is 2. The number of pyridine rings is 2. The molecule has 2 N–H and O–H groups in total. The van der Waals surface area contributed by atoms with E-state index in [1.54, 1.807) is 18.6 Å². The zero-order valence-corrected chi connectivity index (χ0v) is 12.7. The Bertz CT molecular complexity index is 604. The molecule has 0 bridgehead atoms. The van der Waals surface area contributed by atoms with Gasteiger partial charge in [0.05, 0.1) is 12.6 Å². The number of urea groups is 1. The van der Waals surface area contributed by atoms with Gasteiger partial charge in [0.2, 0.25) is 5.88 Å². The normalized spacial score (nSPS) is 11.5. The van der Waals surface area contributed by atoms with Gasteiger partial charge in [-0.1, -0.05) is 6.07 Å². The van der Waals surface area contributed by atoms with Crippen LogP contribution < -0.4 is 15.4 Å². The molecule has 2 aromatic rings. The third-order valence-corrected chi connectivity index (χ3v) is 3.12. The van der Waals surface area contributed by atoms with E-state index in [1.807, 2.05) is 38.1 Å². The fourth-order valence-corrected chi connectivity index (χ4v) is 1.98. The van der Waals surface area contributed by atoms with E-state index in [0.717, 1.165) is 11.1 Å². The molecule has 0 saturated carbocycles. The molecule has 0 fully saturated rings. The second kappa shape index (κ2) is 7.97. The van der Waals surface area contributed by atoms with Gasteiger partial charge in [-0.3, -0.25) is 4.98 Å². The van der Waals surface area contributed by atoms with E-state index >= 15 is 0 Å². The van der Waals surface area contributed by atoms with Crippen LogP contribution >= 0.6 is 0 Å². The van der Waals surface area contributed by atoms with Gasteiger partial charge in [0.15, 0.2) is 0 Å². The molecule has 0 saturated heterocycles. The van der Waals surface area contributed by atoms with Crippen molar-refractivity contribution in [3.63, 3.8) is 0 Å². The fourth-order valence-electron chi connectivity index (χ4n) is 1.98. The Morgan fingerprint density at radius 1 is 1.27 bits per heavy atom. The standard InChI is InChI=1S/C16H20N4O2/c1-3-22-15-14(5-4-8-18-15)11-19-16(21)20-12(2)13-6-9-17-10-7-13/h4-10,12H,3,11H2,1-2H3,(H2,19,20,21). The summed E-state index contributed by atoms with van der Waals surface area (Å²) >= 11 is 0. The van der Waals surface area contributed by atoms with E-state index in [2.05, 4.69) is 20.6 Å². The predicted molar refractivity (Wildman–Crippen MR) is 83.4 cm³/mol. The lowest BCUT2D eigenvalue weighted by Gasteiger charge is -2.15. The Balaban J connectivity index is 1.88. The number of amides is 2. The molecule has 2 amide bonds. The number of hydrogen-bond donors (Lipinski definition) is 2. The van der Waals surface area contributed by atoms with E-state index in [0.29, 0.717) is 19.0 Å². The van der Waals surface area contributed by atoms with Crippen molar-refractivity contribution in [2.75, 3.05) is 6.61 Å². The van der Waals surface area contributed by atoms with Gasteiger partial charge in [0.25, 0.3) is 0 Å². The highest BCUT2D eigenvalue weighted by Gasteiger charge is 2.10. The van der Waals surface area contributed by atoms with Crippen molar-refractivity contribution in [3.05, 3.63) is 54.0 Å². The van der Waals surface area contributed by atoms with E-state index in [1.165, 1.54) is 0 Å². The van der Waals surface area contributed by atoms with Gasteiger partial charge in [-0.2, -0.15) is 0 Å². The van der Waals surface area contributed by atoms with E-state index < -0.39 is 0 Å². The number of hydrogen-bond acceptors (Lipinski definition) is 4. The van der Waals surface area contributed by atoms with Gasteiger partial charge in [-0.15, -0.1) is 0 Å². The lowest BCUT2D eigenvalue weighted by Crippen LogP contribution is -2.36. The molecular weight excluding hydrogens is 280 g/mol. The second-order valence-electron chi connectivity index (χ2n) is 4.73. The monoisotopic (exact) mass is 300 g/mol. The smallest absolute Gasteiger partial charge is 0.315 e. The molecule has 1 atom stereocenters. The van der Waals surface area contributed by atoms with Crippen molar-refractivity contribution in [1.82, 2.24) is 20.6 Å². The molecule has 6 nitrogen and oxygen atoms in total. The summed E-state index contributed by atoms with van der Waals surface area (Å²) in [5.74, 6) is 0.549. The van der Waals surface area contributed by atoms with Gasteiger partial charge < -0.3 is 15.4 Å². The lowest BCUT2D eigenvalue weighted by atomic mass is 10.1. The summed E-state index contributed by atoms with van der Waals surface area (Å²) in [4.78, 5) is 20.1. The largest absolute Gasteiger partial charge is 0.478 e.